The van der Waals surface area contributed by atoms with Crippen LogP contribution in [0.25, 0.3) is 10.8 Å². The van der Waals surface area contributed by atoms with Crippen LogP contribution in [0, 0.1) is 0 Å². The van der Waals surface area contributed by atoms with E-state index in [0.717, 1.165) is 42.0 Å². The molecule has 7 rings (SSSR count). The topological polar surface area (TPSA) is 127 Å². The molecule has 13 heteroatoms. The molecule has 2 saturated heterocycles. The number of hydrogen-bond acceptors (Lipinski definition) is 9. The molecule has 4 aliphatic heterocycles. The second-order valence-corrected chi connectivity index (χ2v) is 14.1. The number of methoxy groups -OCH3 is 1. The van der Waals surface area contributed by atoms with Gasteiger partial charge in [0.05, 0.1) is 36.7 Å². The van der Waals surface area contributed by atoms with Crippen molar-refractivity contribution in [3.63, 3.8) is 0 Å². The minimum atomic E-state index is -0.878. The highest BCUT2D eigenvalue weighted by atomic mass is 35.5. The molecule has 1 N–H and O–H groups in total. The molecule has 0 radical (unpaired) electrons. The van der Waals surface area contributed by atoms with Gasteiger partial charge in [-0.2, -0.15) is 0 Å². The Bertz CT molecular complexity index is 1860. The smallest absolute Gasteiger partial charge is 0.416 e. The number of carbonyl (C=O) groups is 3. The van der Waals surface area contributed by atoms with E-state index in [1.54, 1.807) is 28.0 Å². The van der Waals surface area contributed by atoms with Crippen LogP contribution in [-0.2, 0) is 19.0 Å². The van der Waals surface area contributed by atoms with Crippen LogP contribution in [0.15, 0.2) is 55.1 Å². The maximum Gasteiger partial charge on any atom is 0.416 e. The van der Waals surface area contributed by atoms with E-state index in [2.05, 4.69) is 6.58 Å². The summed E-state index contributed by atoms with van der Waals surface area (Å²) in [5, 5.41) is 12.4. The molecular weight excluding hydrogens is 702 g/mol. The quantitative estimate of drug-likeness (QED) is 0.124. The molecule has 53 heavy (non-hydrogen) atoms. The third kappa shape index (κ3) is 7.24. The standard InChI is InChI=1S/C40H46ClN3O9/c1-3-17-52-40(48)44-30-22-34(33(49-2)20-28(30)38(47)42-16-8-6-13-29(42)39(44)53-36-15-7-9-18-51-36)50-19-10-14-35(46)43-24-25(23-41)37-27-12-5-4-11-26(27)32(45)21-31(37)43/h3-5,11-12,20-22,25,29,36,39,45H,1,6-10,13-19,23-24H2,2H3/t25-,29?,36?,39+/m1/s1. The van der Waals surface area contributed by atoms with Crippen molar-refractivity contribution in [2.75, 3.05) is 55.7 Å². The summed E-state index contributed by atoms with van der Waals surface area (Å²) < 4.78 is 30.1. The molecule has 0 spiro atoms. The first-order valence-electron chi connectivity index (χ1n) is 18.4. The largest absolute Gasteiger partial charge is 0.507 e. The van der Waals surface area contributed by atoms with Crippen molar-refractivity contribution in [2.45, 2.75) is 75.8 Å². The Morgan fingerprint density at radius 2 is 1.87 bits per heavy atom. The number of hydrogen-bond donors (Lipinski definition) is 1. The summed E-state index contributed by atoms with van der Waals surface area (Å²) in [7, 11) is 1.49. The molecule has 12 nitrogen and oxygen atoms in total. The number of alkyl halides is 1. The van der Waals surface area contributed by atoms with Gasteiger partial charge in [-0.3, -0.25) is 9.59 Å². The average Bonchev–Trinajstić information content (AvgIpc) is 3.53. The molecule has 2 unspecified atom stereocenters. The summed E-state index contributed by atoms with van der Waals surface area (Å²) in [6.07, 6.45) is 4.77. The zero-order valence-corrected chi connectivity index (χ0v) is 30.7. The van der Waals surface area contributed by atoms with Crippen molar-refractivity contribution in [3.8, 4) is 17.2 Å². The van der Waals surface area contributed by atoms with Gasteiger partial charge in [0.15, 0.2) is 24.0 Å². The average molecular weight is 748 g/mol. The summed E-state index contributed by atoms with van der Waals surface area (Å²) in [4.78, 5) is 46.7. The summed E-state index contributed by atoms with van der Waals surface area (Å²) in [5.74, 6) is 0.639. The van der Waals surface area contributed by atoms with Gasteiger partial charge in [0.2, 0.25) is 5.91 Å². The fourth-order valence-electron chi connectivity index (χ4n) is 8.02. The molecule has 2 fully saturated rings. The summed E-state index contributed by atoms with van der Waals surface area (Å²) in [6.45, 7) is 5.29. The lowest BCUT2D eigenvalue weighted by atomic mass is 9.95. The van der Waals surface area contributed by atoms with Crippen LogP contribution in [0.4, 0.5) is 16.2 Å². The van der Waals surface area contributed by atoms with Gasteiger partial charge in [-0.15, -0.1) is 11.6 Å². The number of benzene rings is 3. The van der Waals surface area contributed by atoms with E-state index in [4.69, 9.17) is 35.3 Å². The van der Waals surface area contributed by atoms with Crippen molar-refractivity contribution in [3.05, 3.63) is 66.2 Å². The number of rotatable bonds is 11. The monoisotopic (exact) mass is 747 g/mol. The van der Waals surface area contributed by atoms with E-state index in [1.165, 1.54) is 18.1 Å². The lowest BCUT2D eigenvalue weighted by molar-refractivity contribution is -0.198. The molecule has 3 aromatic rings. The molecule has 4 heterocycles. The zero-order chi connectivity index (χ0) is 37.1. The Balaban J connectivity index is 1.14. The van der Waals surface area contributed by atoms with E-state index in [0.29, 0.717) is 62.0 Å². The SMILES string of the molecule is C=CCOC(=O)N1c2cc(OCCCC(=O)N3C[C@@H](CCl)c4c3cc(O)c3ccccc43)c(OC)cc2C(=O)N2CCCCC2[C@@H]1OC1CCCCO1. The van der Waals surface area contributed by atoms with E-state index in [1.807, 2.05) is 24.3 Å². The fraction of sp³-hybridized carbons (Fsp3) is 0.475. The molecule has 0 saturated carbocycles. The number of piperidine rings is 1. The highest BCUT2D eigenvalue weighted by molar-refractivity contribution is 6.19. The predicted octanol–water partition coefficient (Wildman–Crippen LogP) is 7.09. The lowest BCUT2D eigenvalue weighted by Gasteiger charge is -2.42. The van der Waals surface area contributed by atoms with Gasteiger partial charge in [0.1, 0.15) is 12.4 Å². The van der Waals surface area contributed by atoms with Crippen molar-refractivity contribution in [2.24, 2.45) is 0 Å². The lowest BCUT2D eigenvalue weighted by Crippen LogP contribution is -2.57. The third-order valence-electron chi connectivity index (χ3n) is 10.5. The number of nitrogens with zero attached hydrogens (tertiary/aromatic N) is 3. The van der Waals surface area contributed by atoms with Crippen molar-refractivity contribution >= 4 is 51.7 Å². The fourth-order valence-corrected chi connectivity index (χ4v) is 8.27. The van der Waals surface area contributed by atoms with Crippen molar-refractivity contribution in [1.29, 1.82) is 0 Å². The van der Waals surface area contributed by atoms with Crippen molar-refractivity contribution in [1.82, 2.24) is 4.90 Å². The highest BCUT2D eigenvalue weighted by Gasteiger charge is 2.47. The Labute approximate surface area is 314 Å². The Morgan fingerprint density at radius 3 is 2.62 bits per heavy atom. The number of anilines is 2. The van der Waals surface area contributed by atoms with Gasteiger partial charge in [-0.1, -0.05) is 36.9 Å². The van der Waals surface area contributed by atoms with Gasteiger partial charge in [0.25, 0.3) is 5.91 Å². The van der Waals surface area contributed by atoms with Crippen LogP contribution in [0.3, 0.4) is 0 Å². The number of amides is 3. The van der Waals surface area contributed by atoms with Gasteiger partial charge >= 0.3 is 6.09 Å². The number of fused-ring (bicyclic) bond motifs is 5. The Hall–Kier alpha value is -4.52. The molecule has 0 aliphatic carbocycles. The molecule has 0 bridgehead atoms. The summed E-state index contributed by atoms with van der Waals surface area (Å²) in [6, 6.07) is 12.0. The zero-order valence-electron chi connectivity index (χ0n) is 30.0. The minimum Gasteiger partial charge on any atom is -0.507 e. The molecule has 0 aromatic heterocycles. The summed E-state index contributed by atoms with van der Waals surface area (Å²) >= 11 is 6.38. The van der Waals surface area contributed by atoms with E-state index in [9.17, 15) is 19.5 Å². The van der Waals surface area contributed by atoms with Crippen LogP contribution in [-0.4, -0.2) is 92.4 Å². The van der Waals surface area contributed by atoms with Crippen LogP contribution >= 0.6 is 11.6 Å². The Kier molecular flexibility index (Phi) is 11.3. The van der Waals surface area contributed by atoms with Crippen LogP contribution in [0.1, 0.15) is 73.2 Å². The third-order valence-corrected chi connectivity index (χ3v) is 10.9. The number of ether oxygens (including phenoxy) is 5. The second-order valence-electron chi connectivity index (χ2n) is 13.8. The van der Waals surface area contributed by atoms with Crippen LogP contribution in [0.5, 0.6) is 17.2 Å². The number of aromatic hydroxyl groups is 1. The summed E-state index contributed by atoms with van der Waals surface area (Å²) in [5.41, 5.74) is 2.18. The van der Waals surface area contributed by atoms with Gasteiger partial charge < -0.3 is 38.6 Å². The van der Waals surface area contributed by atoms with Gasteiger partial charge in [-0.05, 0) is 62.0 Å². The molecular formula is C40H46ClN3O9. The molecule has 4 atom stereocenters. The van der Waals surface area contributed by atoms with Crippen LogP contribution in [0.2, 0.25) is 0 Å². The van der Waals surface area contributed by atoms with E-state index < -0.39 is 24.7 Å². The second kappa shape index (κ2) is 16.2. The predicted molar refractivity (Wildman–Crippen MR) is 200 cm³/mol. The normalized spacial score (nSPS) is 22.5. The molecule has 3 aromatic carbocycles. The van der Waals surface area contributed by atoms with Gasteiger partial charge in [0, 0.05) is 55.4 Å². The Morgan fingerprint density at radius 1 is 1.06 bits per heavy atom. The maximum absolute atomic E-state index is 14.2. The highest BCUT2D eigenvalue weighted by Crippen LogP contribution is 2.46. The number of carbonyl (C=O) groups excluding carboxylic acids is 3. The number of phenols is 1. The van der Waals surface area contributed by atoms with E-state index in [-0.39, 0.29) is 54.4 Å². The minimum absolute atomic E-state index is 0.0316. The maximum atomic E-state index is 14.2. The van der Waals surface area contributed by atoms with E-state index >= 15 is 0 Å². The first-order valence-corrected chi connectivity index (χ1v) is 19.0. The molecule has 4 aliphatic rings. The molecule has 3 amide bonds. The first-order chi connectivity index (χ1) is 25.8. The molecule has 282 valence electrons. The number of halogens is 1. The van der Waals surface area contributed by atoms with Crippen LogP contribution < -0.4 is 19.3 Å². The van der Waals surface area contributed by atoms with Gasteiger partial charge in [-0.25, -0.2) is 9.69 Å². The number of phenolic OH excluding ortho intramolecular Hbond substituents is 1. The first kappa shape index (κ1) is 36.8. The van der Waals surface area contributed by atoms with Crippen molar-refractivity contribution < 1.29 is 43.2 Å².